The lowest BCUT2D eigenvalue weighted by Gasteiger charge is -2.07. The fraction of sp³-hybridized carbons (Fsp3) is 0.111. The Kier molecular flexibility index (Phi) is 5.09. The molecule has 3 rings (SSSR count). The SMILES string of the molecule is Cc1cc2oc(=O)cc(COC(=O)/C=C/c3ccc([N+](=O)[O-])o3)c2cc1Cl. The average molecular weight is 390 g/mol. The van der Waals surface area contributed by atoms with Gasteiger partial charge >= 0.3 is 17.5 Å². The van der Waals surface area contributed by atoms with Crippen LogP contribution >= 0.6 is 11.6 Å². The number of nitro groups is 1. The Morgan fingerprint density at radius 1 is 1.30 bits per heavy atom. The van der Waals surface area contributed by atoms with E-state index in [0.717, 1.165) is 11.6 Å². The van der Waals surface area contributed by atoms with Crippen molar-refractivity contribution >= 4 is 40.5 Å². The number of benzene rings is 1. The zero-order valence-electron chi connectivity index (χ0n) is 13.9. The van der Waals surface area contributed by atoms with Crippen molar-refractivity contribution in [2.75, 3.05) is 0 Å². The summed E-state index contributed by atoms with van der Waals surface area (Å²) in [6.07, 6.45) is 2.31. The molecule has 0 aliphatic heterocycles. The molecule has 27 heavy (non-hydrogen) atoms. The van der Waals surface area contributed by atoms with Crippen LogP contribution in [0.1, 0.15) is 16.9 Å². The first-order valence-electron chi connectivity index (χ1n) is 7.65. The zero-order chi connectivity index (χ0) is 19.6. The quantitative estimate of drug-likeness (QED) is 0.213. The van der Waals surface area contributed by atoms with Crippen molar-refractivity contribution in [1.82, 2.24) is 0 Å². The minimum Gasteiger partial charge on any atom is -0.458 e. The number of ether oxygens (including phenoxy) is 1. The molecular weight excluding hydrogens is 378 g/mol. The van der Waals surface area contributed by atoms with Gasteiger partial charge in [0.15, 0.2) is 0 Å². The number of fused-ring (bicyclic) bond motifs is 1. The average Bonchev–Trinajstić information content (AvgIpc) is 3.09. The number of nitrogens with zero attached hydrogens (tertiary/aromatic N) is 1. The topological polar surface area (TPSA) is 113 Å². The van der Waals surface area contributed by atoms with E-state index >= 15 is 0 Å². The van der Waals surface area contributed by atoms with Gasteiger partial charge < -0.3 is 13.6 Å². The number of carbonyl (C=O) groups excluding carboxylic acids is 1. The largest absolute Gasteiger partial charge is 0.458 e. The first kappa shape index (κ1) is 18.4. The van der Waals surface area contributed by atoms with Crippen molar-refractivity contribution in [1.29, 1.82) is 0 Å². The molecule has 0 spiro atoms. The Bertz CT molecular complexity index is 1130. The molecule has 138 valence electrons. The van der Waals surface area contributed by atoms with Crippen molar-refractivity contribution in [3.63, 3.8) is 0 Å². The molecule has 0 N–H and O–H groups in total. The number of hydrogen-bond donors (Lipinski definition) is 0. The second-order valence-corrected chi connectivity index (χ2v) is 5.97. The van der Waals surface area contributed by atoms with Crippen LogP contribution in [0.2, 0.25) is 5.02 Å². The summed E-state index contributed by atoms with van der Waals surface area (Å²) in [6, 6.07) is 7.01. The second kappa shape index (κ2) is 7.46. The molecule has 9 heteroatoms. The van der Waals surface area contributed by atoms with Crippen molar-refractivity contribution in [2.45, 2.75) is 13.5 Å². The summed E-state index contributed by atoms with van der Waals surface area (Å²) < 4.78 is 15.1. The van der Waals surface area contributed by atoms with E-state index in [-0.39, 0.29) is 12.4 Å². The Morgan fingerprint density at radius 2 is 2.07 bits per heavy atom. The molecule has 0 saturated carbocycles. The molecule has 0 aliphatic rings. The lowest BCUT2D eigenvalue weighted by atomic mass is 10.1. The van der Waals surface area contributed by atoms with E-state index in [2.05, 4.69) is 0 Å². The van der Waals surface area contributed by atoms with E-state index in [9.17, 15) is 19.7 Å². The third-order valence-corrected chi connectivity index (χ3v) is 4.06. The van der Waals surface area contributed by atoms with Gasteiger partial charge in [-0.3, -0.25) is 10.1 Å². The van der Waals surface area contributed by atoms with Crippen molar-refractivity contribution < 1.29 is 23.3 Å². The molecule has 0 saturated heterocycles. The summed E-state index contributed by atoms with van der Waals surface area (Å²) in [5, 5.41) is 11.6. The zero-order valence-corrected chi connectivity index (χ0v) is 14.7. The van der Waals surface area contributed by atoms with E-state index in [1.165, 1.54) is 24.3 Å². The normalized spacial score (nSPS) is 11.2. The Hall–Kier alpha value is -3.39. The van der Waals surface area contributed by atoms with Crippen LogP contribution in [0, 0.1) is 17.0 Å². The molecule has 0 amide bonds. The van der Waals surface area contributed by atoms with Crippen LogP contribution in [0.15, 0.2) is 50.0 Å². The van der Waals surface area contributed by atoms with Gasteiger partial charge in [0.05, 0.1) is 6.07 Å². The summed E-state index contributed by atoms with van der Waals surface area (Å²) >= 11 is 6.11. The third kappa shape index (κ3) is 4.24. The molecule has 0 unspecified atom stereocenters. The maximum Gasteiger partial charge on any atom is 0.433 e. The molecule has 0 fully saturated rings. The van der Waals surface area contributed by atoms with Gasteiger partial charge in [0.1, 0.15) is 22.9 Å². The number of aryl methyl sites for hydroxylation is 1. The van der Waals surface area contributed by atoms with E-state index in [1.807, 2.05) is 0 Å². The van der Waals surface area contributed by atoms with Gasteiger partial charge in [0.25, 0.3) is 0 Å². The summed E-state index contributed by atoms with van der Waals surface area (Å²) in [5.41, 5.74) is 0.957. The number of furan rings is 1. The molecule has 0 bridgehead atoms. The van der Waals surface area contributed by atoms with Gasteiger partial charge in [-0.2, -0.15) is 0 Å². The molecule has 2 aromatic heterocycles. The third-order valence-electron chi connectivity index (χ3n) is 3.66. The number of rotatable bonds is 5. The van der Waals surface area contributed by atoms with Gasteiger partial charge in [0.2, 0.25) is 0 Å². The highest BCUT2D eigenvalue weighted by Crippen LogP contribution is 2.25. The summed E-state index contributed by atoms with van der Waals surface area (Å²) in [7, 11) is 0. The van der Waals surface area contributed by atoms with Crippen LogP contribution < -0.4 is 5.63 Å². The van der Waals surface area contributed by atoms with Crippen molar-refractivity contribution in [3.05, 3.63) is 78.9 Å². The predicted molar refractivity (Wildman–Crippen MR) is 96.4 cm³/mol. The van der Waals surface area contributed by atoms with Crippen LogP contribution in [0.5, 0.6) is 0 Å². The van der Waals surface area contributed by atoms with E-state index in [0.29, 0.717) is 21.6 Å². The summed E-state index contributed by atoms with van der Waals surface area (Å²) in [5.74, 6) is -1.02. The van der Waals surface area contributed by atoms with Gasteiger partial charge in [-0.1, -0.05) is 11.6 Å². The minimum absolute atomic E-state index is 0.131. The molecule has 8 nitrogen and oxygen atoms in total. The maximum absolute atomic E-state index is 11.9. The smallest absolute Gasteiger partial charge is 0.433 e. The standard InChI is InChI=1S/C18H12ClNO7/c1-10-6-15-13(8-14(10)19)11(7-18(22)27-15)9-25-17(21)5-3-12-2-4-16(26-12)20(23)24/h2-8H,9H2,1H3/b5-3+. The van der Waals surface area contributed by atoms with Gasteiger partial charge in [-0.05, 0) is 36.8 Å². The molecule has 2 heterocycles. The van der Waals surface area contributed by atoms with Crippen LogP contribution in [-0.2, 0) is 16.1 Å². The van der Waals surface area contributed by atoms with Gasteiger partial charge in [-0.15, -0.1) is 0 Å². The molecule has 3 aromatic rings. The van der Waals surface area contributed by atoms with E-state index < -0.39 is 22.4 Å². The van der Waals surface area contributed by atoms with E-state index in [1.54, 1.807) is 19.1 Å². The first-order valence-corrected chi connectivity index (χ1v) is 8.03. The van der Waals surface area contributed by atoms with Crippen molar-refractivity contribution in [2.24, 2.45) is 0 Å². The van der Waals surface area contributed by atoms with Crippen LogP contribution in [0.25, 0.3) is 17.0 Å². The highest BCUT2D eigenvalue weighted by molar-refractivity contribution is 6.32. The number of esters is 1. The molecule has 0 atom stereocenters. The second-order valence-electron chi connectivity index (χ2n) is 5.56. The number of halogens is 1. The number of carbonyl (C=O) groups is 1. The van der Waals surface area contributed by atoms with Gasteiger partial charge in [0, 0.05) is 28.1 Å². The fourth-order valence-corrected chi connectivity index (χ4v) is 2.51. The first-order chi connectivity index (χ1) is 12.8. The van der Waals surface area contributed by atoms with Crippen LogP contribution in [-0.4, -0.2) is 10.9 Å². The van der Waals surface area contributed by atoms with Crippen LogP contribution in [0.4, 0.5) is 5.88 Å². The predicted octanol–water partition coefficient (Wildman–Crippen LogP) is 4.01. The minimum atomic E-state index is -0.714. The molecule has 0 radical (unpaired) electrons. The monoisotopic (exact) mass is 389 g/mol. The maximum atomic E-state index is 11.9. The number of hydrogen-bond acceptors (Lipinski definition) is 7. The molecule has 0 aliphatic carbocycles. The summed E-state index contributed by atoms with van der Waals surface area (Å²) in [4.78, 5) is 33.4. The highest BCUT2D eigenvalue weighted by atomic mass is 35.5. The Balaban J connectivity index is 1.75. The lowest BCUT2D eigenvalue weighted by Crippen LogP contribution is -2.05. The fourth-order valence-electron chi connectivity index (χ4n) is 2.34. The molecule has 1 aromatic carbocycles. The lowest BCUT2D eigenvalue weighted by molar-refractivity contribution is -0.402. The van der Waals surface area contributed by atoms with Crippen molar-refractivity contribution in [3.8, 4) is 0 Å². The Morgan fingerprint density at radius 3 is 2.78 bits per heavy atom. The van der Waals surface area contributed by atoms with Crippen LogP contribution in [0.3, 0.4) is 0 Å². The molecular formula is C18H12ClNO7. The summed E-state index contributed by atoms with van der Waals surface area (Å²) in [6.45, 7) is 1.60. The van der Waals surface area contributed by atoms with Gasteiger partial charge in [-0.25, -0.2) is 9.59 Å². The van der Waals surface area contributed by atoms with E-state index in [4.69, 9.17) is 25.2 Å². The highest BCUT2D eigenvalue weighted by Gasteiger charge is 2.12. The Labute approximate surface area is 156 Å².